The van der Waals surface area contributed by atoms with E-state index in [1.165, 1.54) is 12.3 Å². The Morgan fingerprint density at radius 3 is 2.82 bits per heavy atom. The summed E-state index contributed by atoms with van der Waals surface area (Å²) in [6, 6.07) is 1.25. The molecule has 2 heterocycles. The molecule has 1 aromatic heterocycles. The third-order valence-electron chi connectivity index (χ3n) is 3.57. The van der Waals surface area contributed by atoms with Gasteiger partial charge in [0.05, 0.1) is 11.8 Å². The summed E-state index contributed by atoms with van der Waals surface area (Å²) >= 11 is 0. The molecular weight excluding hydrogens is 313 g/mol. The van der Waals surface area contributed by atoms with E-state index in [-0.39, 0.29) is 23.3 Å². The molecule has 1 fully saturated rings. The second-order valence-corrected chi connectivity index (χ2v) is 6.16. The molecule has 1 aliphatic rings. The molecule has 7 nitrogen and oxygen atoms in total. The molecule has 0 bridgehead atoms. The zero-order chi connectivity index (χ0) is 16.3. The molecule has 2 rings (SSSR count). The number of aromatic nitrogens is 1. The Balaban J connectivity index is 2.20. The predicted octanol–water partition coefficient (Wildman–Crippen LogP) is 0.841. The number of hydrogen-bond donors (Lipinski definition) is 0. The normalized spacial score (nSPS) is 20.0. The lowest BCUT2D eigenvalue weighted by Gasteiger charge is -2.39. The number of pyridine rings is 1. The van der Waals surface area contributed by atoms with Crippen LogP contribution in [0.15, 0.2) is 18.5 Å². The van der Waals surface area contributed by atoms with E-state index in [2.05, 4.69) is 14.1 Å². The highest BCUT2D eigenvalue weighted by molar-refractivity contribution is 7.81. The topological polar surface area (TPSA) is 79.8 Å². The summed E-state index contributed by atoms with van der Waals surface area (Å²) in [5, 5.41) is 0. The van der Waals surface area contributed by atoms with Crippen molar-refractivity contribution in [1.29, 1.82) is 0 Å². The first-order valence-corrected chi connectivity index (χ1v) is 8.19. The fraction of sp³-hybridized carbons (Fsp3) is 0.538. The second kappa shape index (κ2) is 6.57. The van der Waals surface area contributed by atoms with Crippen molar-refractivity contribution in [2.24, 2.45) is 0 Å². The van der Waals surface area contributed by atoms with Gasteiger partial charge in [-0.25, -0.2) is 0 Å². The first kappa shape index (κ1) is 16.6. The van der Waals surface area contributed by atoms with Crippen molar-refractivity contribution in [3.63, 3.8) is 0 Å². The number of hydrogen-bond acceptors (Lipinski definition) is 6. The highest BCUT2D eigenvalue weighted by Gasteiger charge is 2.29. The average Bonchev–Trinajstić information content (AvgIpc) is 2.45. The van der Waals surface area contributed by atoms with Crippen molar-refractivity contribution in [2.75, 3.05) is 26.7 Å². The van der Waals surface area contributed by atoms with E-state index < -0.39 is 10.5 Å². The van der Waals surface area contributed by atoms with Gasteiger partial charge in [0.15, 0.2) is 5.75 Å². The van der Waals surface area contributed by atoms with Crippen LogP contribution in [-0.4, -0.2) is 61.8 Å². The van der Waals surface area contributed by atoms with Crippen molar-refractivity contribution in [3.8, 4) is 5.75 Å². The molecule has 1 saturated heterocycles. The Morgan fingerprint density at radius 1 is 1.45 bits per heavy atom. The van der Waals surface area contributed by atoms with Gasteiger partial charge in [-0.2, -0.15) is 8.42 Å². The van der Waals surface area contributed by atoms with Crippen molar-refractivity contribution in [1.82, 2.24) is 14.8 Å². The summed E-state index contributed by atoms with van der Waals surface area (Å²) in [7, 11) is -3.15. The van der Waals surface area contributed by atoms with Crippen LogP contribution in [0.1, 0.15) is 23.7 Å². The summed E-state index contributed by atoms with van der Waals surface area (Å²) in [5.74, 6) is -0.593. The highest BCUT2D eigenvalue weighted by atomic mass is 32.3. The van der Waals surface area contributed by atoms with Gasteiger partial charge in [-0.15, -0.1) is 0 Å². The van der Waals surface area contributed by atoms with Gasteiger partial charge >= 0.3 is 10.5 Å². The highest BCUT2D eigenvalue weighted by Crippen LogP contribution is 2.19. The number of halogens is 1. The molecule has 1 aliphatic heterocycles. The predicted molar refractivity (Wildman–Crippen MR) is 77.5 cm³/mol. The first-order valence-electron chi connectivity index (χ1n) is 6.88. The molecule has 0 spiro atoms. The zero-order valence-corrected chi connectivity index (χ0v) is 13.2. The molecule has 0 aromatic carbocycles. The lowest BCUT2D eigenvalue weighted by atomic mass is 10.1. The number of piperazine rings is 1. The van der Waals surface area contributed by atoms with Crippen LogP contribution in [0, 0.1) is 0 Å². The molecule has 122 valence electrons. The van der Waals surface area contributed by atoms with Crippen LogP contribution in [0.5, 0.6) is 5.75 Å². The van der Waals surface area contributed by atoms with Gasteiger partial charge in [0.1, 0.15) is 0 Å². The second-order valence-electron chi connectivity index (χ2n) is 5.21. The van der Waals surface area contributed by atoms with Crippen molar-refractivity contribution < 1.29 is 21.3 Å². The maximum absolute atomic E-state index is 12.6. The van der Waals surface area contributed by atoms with E-state index in [4.69, 9.17) is 0 Å². The minimum absolute atomic E-state index is 0.0701. The Bertz CT molecular complexity index is 652. The molecular formula is C13H18FN3O4S. The molecule has 0 N–H and O–H groups in total. The summed E-state index contributed by atoms with van der Waals surface area (Å²) in [6.07, 6.45) is 3.15. The summed E-state index contributed by atoms with van der Waals surface area (Å²) in [5.41, 5.74) is 0.171. The van der Waals surface area contributed by atoms with Crippen LogP contribution in [0.2, 0.25) is 0 Å². The van der Waals surface area contributed by atoms with Gasteiger partial charge in [-0.05, 0) is 19.5 Å². The number of carbonyl (C=O) groups excluding carboxylic acids is 1. The van der Waals surface area contributed by atoms with E-state index in [1.807, 2.05) is 14.0 Å². The quantitative estimate of drug-likeness (QED) is 0.761. The van der Waals surface area contributed by atoms with Gasteiger partial charge in [0.25, 0.3) is 5.91 Å². The minimum Gasteiger partial charge on any atom is -0.357 e. The molecule has 22 heavy (non-hydrogen) atoms. The summed E-state index contributed by atoms with van der Waals surface area (Å²) < 4.78 is 37.7. The van der Waals surface area contributed by atoms with E-state index in [1.54, 1.807) is 4.90 Å². The fourth-order valence-corrected chi connectivity index (χ4v) is 2.81. The molecule has 1 unspecified atom stereocenters. The molecule has 0 aliphatic carbocycles. The molecule has 1 amide bonds. The molecule has 0 radical (unpaired) electrons. The summed E-state index contributed by atoms with van der Waals surface area (Å²) in [6.45, 7) is 4.09. The van der Waals surface area contributed by atoms with E-state index in [0.717, 1.165) is 25.7 Å². The average molecular weight is 331 g/mol. The van der Waals surface area contributed by atoms with Crippen LogP contribution in [0.3, 0.4) is 0 Å². The molecule has 9 heteroatoms. The molecule has 1 atom stereocenters. The minimum atomic E-state index is -5.14. The largest absolute Gasteiger partial charge is 0.488 e. The number of nitrogens with zero attached hydrogens (tertiary/aromatic N) is 3. The maximum Gasteiger partial charge on any atom is 0.488 e. The Labute approximate surface area is 129 Å². The van der Waals surface area contributed by atoms with Gasteiger partial charge in [-0.1, -0.05) is 10.8 Å². The number of carbonyl (C=O) groups is 1. The fourth-order valence-electron chi connectivity index (χ4n) is 2.49. The third-order valence-corrected chi connectivity index (χ3v) is 3.97. The first-order chi connectivity index (χ1) is 10.3. The Kier molecular flexibility index (Phi) is 4.97. The van der Waals surface area contributed by atoms with Gasteiger partial charge in [0, 0.05) is 31.9 Å². The number of rotatable bonds is 4. The molecule has 0 saturated carbocycles. The number of likely N-dealkylation sites (N-methyl/N-ethyl adjacent to an activating group) is 1. The van der Waals surface area contributed by atoms with E-state index in [0.29, 0.717) is 6.54 Å². The lowest BCUT2D eigenvalue weighted by molar-refractivity contribution is 0.0493. The van der Waals surface area contributed by atoms with E-state index >= 15 is 0 Å². The van der Waals surface area contributed by atoms with Crippen molar-refractivity contribution >= 4 is 16.4 Å². The standard InChI is InChI=1S/C13H18FN3O4S/c1-3-11-9-16(2)4-5-17(11)13(18)10-6-12(8-15-7-10)21-22(14,19)20/h6-8,11H,3-5,9H2,1-2H3. The van der Waals surface area contributed by atoms with E-state index in [9.17, 15) is 17.1 Å². The lowest BCUT2D eigenvalue weighted by Crippen LogP contribution is -2.53. The third kappa shape index (κ3) is 4.14. The maximum atomic E-state index is 12.6. The monoisotopic (exact) mass is 331 g/mol. The van der Waals surface area contributed by atoms with Crippen LogP contribution in [-0.2, 0) is 10.5 Å². The van der Waals surface area contributed by atoms with Crippen LogP contribution in [0.4, 0.5) is 3.89 Å². The van der Waals surface area contributed by atoms with Crippen LogP contribution < -0.4 is 4.18 Å². The van der Waals surface area contributed by atoms with Crippen LogP contribution >= 0.6 is 0 Å². The number of amides is 1. The Morgan fingerprint density at radius 2 is 2.18 bits per heavy atom. The smallest absolute Gasteiger partial charge is 0.357 e. The van der Waals surface area contributed by atoms with Gasteiger partial charge in [0.2, 0.25) is 0 Å². The van der Waals surface area contributed by atoms with Crippen LogP contribution in [0.25, 0.3) is 0 Å². The SMILES string of the molecule is CCC1CN(C)CCN1C(=O)c1cncc(OS(=O)(=O)F)c1. The van der Waals surface area contributed by atoms with Crippen molar-refractivity contribution in [3.05, 3.63) is 24.0 Å². The summed E-state index contributed by atoms with van der Waals surface area (Å²) in [4.78, 5) is 20.2. The Hall–Kier alpha value is -1.74. The molecule has 1 aromatic rings. The van der Waals surface area contributed by atoms with Gasteiger partial charge < -0.3 is 14.0 Å². The van der Waals surface area contributed by atoms with Crippen molar-refractivity contribution in [2.45, 2.75) is 19.4 Å². The van der Waals surface area contributed by atoms with Gasteiger partial charge in [-0.3, -0.25) is 9.78 Å². The zero-order valence-electron chi connectivity index (χ0n) is 12.4.